The van der Waals surface area contributed by atoms with E-state index >= 15 is 0 Å². The third-order valence-electron chi connectivity index (χ3n) is 1.66. The molecule has 68 valence electrons. The highest BCUT2D eigenvalue weighted by Gasteiger charge is 2.16. The summed E-state index contributed by atoms with van der Waals surface area (Å²) in [5, 5.41) is 20.2. The Morgan fingerprint density at radius 2 is 2.33 bits per heavy atom. The summed E-state index contributed by atoms with van der Waals surface area (Å²) in [4.78, 5) is 0.814. The summed E-state index contributed by atoms with van der Waals surface area (Å²) < 4.78 is 0. The average molecular weight is 187 g/mol. The first-order chi connectivity index (χ1) is 5.65. The van der Waals surface area contributed by atoms with Crippen LogP contribution < -0.4 is 5.73 Å². The smallest absolute Gasteiger partial charge is 0.105 e. The van der Waals surface area contributed by atoms with Gasteiger partial charge < -0.3 is 15.9 Å². The zero-order chi connectivity index (χ0) is 9.14. The molecule has 0 saturated heterocycles. The SMILES string of the molecule is Cc1csc([C@@H](O)[C@H](N)CO)c1. The van der Waals surface area contributed by atoms with Gasteiger partial charge in [-0.2, -0.15) is 0 Å². The number of aliphatic hydroxyl groups excluding tert-OH is 2. The maximum Gasteiger partial charge on any atom is 0.105 e. The van der Waals surface area contributed by atoms with Crippen molar-refractivity contribution in [3.05, 3.63) is 21.9 Å². The Morgan fingerprint density at radius 1 is 1.67 bits per heavy atom. The molecule has 0 aliphatic heterocycles. The molecule has 1 rings (SSSR count). The maximum atomic E-state index is 9.53. The molecule has 0 spiro atoms. The number of aryl methyl sites for hydroxylation is 1. The van der Waals surface area contributed by atoms with Gasteiger partial charge in [-0.05, 0) is 23.9 Å². The van der Waals surface area contributed by atoms with Gasteiger partial charge in [-0.3, -0.25) is 0 Å². The van der Waals surface area contributed by atoms with Crippen LogP contribution in [0.5, 0.6) is 0 Å². The van der Waals surface area contributed by atoms with Crippen LogP contribution in [0, 0.1) is 6.92 Å². The molecule has 2 atom stereocenters. The monoisotopic (exact) mass is 187 g/mol. The summed E-state index contributed by atoms with van der Waals surface area (Å²) in [6, 6.07) is 1.30. The van der Waals surface area contributed by atoms with Gasteiger partial charge in [0.15, 0.2) is 0 Å². The molecule has 0 fully saturated rings. The van der Waals surface area contributed by atoms with Crippen LogP contribution in [0.25, 0.3) is 0 Å². The zero-order valence-corrected chi connectivity index (χ0v) is 7.71. The molecule has 3 nitrogen and oxygen atoms in total. The summed E-state index contributed by atoms with van der Waals surface area (Å²) in [6.07, 6.45) is -0.742. The van der Waals surface area contributed by atoms with Crippen molar-refractivity contribution in [2.45, 2.75) is 19.1 Å². The molecule has 12 heavy (non-hydrogen) atoms. The lowest BCUT2D eigenvalue weighted by Crippen LogP contribution is -2.31. The van der Waals surface area contributed by atoms with Gasteiger partial charge in [0.1, 0.15) is 6.10 Å². The number of hydrogen-bond acceptors (Lipinski definition) is 4. The minimum atomic E-state index is -0.742. The van der Waals surface area contributed by atoms with E-state index < -0.39 is 12.1 Å². The van der Waals surface area contributed by atoms with Crippen molar-refractivity contribution in [3.8, 4) is 0 Å². The number of hydrogen-bond donors (Lipinski definition) is 3. The molecule has 1 heterocycles. The lowest BCUT2D eigenvalue weighted by atomic mass is 10.1. The van der Waals surface area contributed by atoms with Crippen LogP contribution in [-0.4, -0.2) is 22.9 Å². The number of nitrogens with two attached hydrogens (primary N) is 1. The van der Waals surface area contributed by atoms with Crippen molar-refractivity contribution in [2.24, 2.45) is 5.73 Å². The van der Waals surface area contributed by atoms with E-state index in [1.807, 2.05) is 18.4 Å². The normalized spacial score (nSPS) is 16.0. The fraction of sp³-hybridized carbons (Fsp3) is 0.500. The molecule has 0 amide bonds. The fourth-order valence-electron chi connectivity index (χ4n) is 0.919. The Balaban J connectivity index is 2.70. The van der Waals surface area contributed by atoms with Crippen LogP contribution in [0.15, 0.2) is 11.4 Å². The average Bonchev–Trinajstić information content (AvgIpc) is 2.49. The summed E-state index contributed by atoms with van der Waals surface area (Å²) in [5.74, 6) is 0. The second-order valence-corrected chi connectivity index (χ2v) is 3.76. The van der Waals surface area contributed by atoms with Gasteiger partial charge >= 0.3 is 0 Å². The Hall–Kier alpha value is -0.420. The molecule has 0 aliphatic rings. The number of rotatable bonds is 3. The zero-order valence-electron chi connectivity index (χ0n) is 6.90. The lowest BCUT2D eigenvalue weighted by Gasteiger charge is -2.14. The van der Waals surface area contributed by atoms with Crippen LogP contribution in [0.3, 0.4) is 0 Å². The van der Waals surface area contributed by atoms with E-state index in [2.05, 4.69) is 0 Å². The van der Waals surface area contributed by atoms with Crippen LogP contribution in [0.2, 0.25) is 0 Å². The van der Waals surface area contributed by atoms with Gasteiger partial charge in [-0.15, -0.1) is 11.3 Å². The highest BCUT2D eigenvalue weighted by atomic mass is 32.1. The van der Waals surface area contributed by atoms with E-state index in [9.17, 15) is 5.11 Å². The van der Waals surface area contributed by atoms with Crippen molar-refractivity contribution in [2.75, 3.05) is 6.61 Å². The van der Waals surface area contributed by atoms with Crippen molar-refractivity contribution in [1.29, 1.82) is 0 Å². The Morgan fingerprint density at radius 3 is 2.75 bits per heavy atom. The molecule has 1 aromatic rings. The first kappa shape index (κ1) is 9.67. The molecule has 0 radical (unpaired) electrons. The van der Waals surface area contributed by atoms with Gasteiger partial charge in [0.05, 0.1) is 12.6 Å². The molecule has 4 heteroatoms. The summed E-state index contributed by atoms with van der Waals surface area (Å²) in [5.41, 5.74) is 6.57. The Labute approximate surface area is 75.5 Å². The lowest BCUT2D eigenvalue weighted by molar-refractivity contribution is 0.112. The number of thiophene rings is 1. The first-order valence-corrected chi connectivity index (χ1v) is 4.62. The van der Waals surface area contributed by atoms with E-state index in [4.69, 9.17) is 10.8 Å². The quantitative estimate of drug-likeness (QED) is 0.642. The topological polar surface area (TPSA) is 66.5 Å². The molecule has 4 N–H and O–H groups in total. The molecule has 0 bridgehead atoms. The van der Waals surface area contributed by atoms with Crippen molar-refractivity contribution in [1.82, 2.24) is 0 Å². The second kappa shape index (κ2) is 4.00. The maximum absolute atomic E-state index is 9.53. The molecule has 0 unspecified atom stereocenters. The summed E-state index contributed by atoms with van der Waals surface area (Å²) in [6.45, 7) is 1.76. The first-order valence-electron chi connectivity index (χ1n) is 3.74. The van der Waals surface area contributed by atoms with Gasteiger partial charge in [0.2, 0.25) is 0 Å². The number of aliphatic hydroxyl groups is 2. The molecule has 0 aromatic carbocycles. The molecular formula is C8H13NO2S. The highest BCUT2D eigenvalue weighted by Crippen LogP contribution is 2.23. The molecule has 1 aromatic heterocycles. The Kier molecular flexibility index (Phi) is 3.22. The van der Waals surface area contributed by atoms with E-state index in [-0.39, 0.29) is 6.61 Å². The van der Waals surface area contributed by atoms with Gasteiger partial charge in [-0.1, -0.05) is 0 Å². The van der Waals surface area contributed by atoms with Gasteiger partial charge in [-0.25, -0.2) is 0 Å². The van der Waals surface area contributed by atoms with Crippen LogP contribution in [0.4, 0.5) is 0 Å². The van der Waals surface area contributed by atoms with Crippen molar-refractivity contribution < 1.29 is 10.2 Å². The molecular weight excluding hydrogens is 174 g/mol. The standard InChI is InChI=1S/C8H13NO2S/c1-5-2-7(12-4-5)8(11)6(9)3-10/h2,4,6,8,10-11H,3,9H2,1H3/t6-,8+/m1/s1. The van der Waals surface area contributed by atoms with E-state index in [0.717, 1.165) is 10.4 Å². The van der Waals surface area contributed by atoms with Crippen LogP contribution in [-0.2, 0) is 0 Å². The van der Waals surface area contributed by atoms with Crippen molar-refractivity contribution >= 4 is 11.3 Å². The minimum absolute atomic E-state index is 0.196. The van der Waals surface area contributed by atoms with Crippen LogP contribution in [0.1, 0.15) is 16.5 Å². The predicted molar refractivity (Wildman–Crippen MR) is 49.1 cm³/mol. The van der Waals surface area contributed by atoms with E-state index in [1.54, 1.807) is 0 Å². The summed E-state index contributed by atoms with van der Waals surface area (Å²) in [7, 11) is 0. The van der Waals surface area contributed by atoms with Crippen LogP contribution >= 0.6 is 11.3 Å². The van der Waals surface area contributed by atoms with Crippen molar-refractivity contribution in [3.63, 3.8) is 0 Å². The van der Waals surface area contributed by atoms with E-state index in [0.29, 0.717) is 0 Å². The third-order valence-corrected chi connectivity index (χ3v) is 2.78. The molecule has 0 aliphatic carbocycles. The molecule has 0 saturated carbocycles. The predicted octanol–water partition coefficient (Wildman–Crippen LogP) is 0.410. The Bertz CT molecular complexity index is 249. The van der Waals surface area contributed by atoms with Gasteiger partial charge in [0, 0.05) is 4.88 Å². The van der Waals surface area contributed by atoms with Gasteiger partial charge in [0.25, 0.3) is 0 Å². The summed E-state index contributed by atoms with van der Waals surface area (Å²) >= 11 is 1.46. The largest absolute Gasteiger partial charge is 0.395 e. The highest BCUT2D eigenvalue weighted by molar-refractivity contribution is 7.10. The minimum Gasteiger partial charge on any atom is -0.395 e. The fourth-order valence-corrected chi connectivity index (χ4v) is 1.88. The third kappa shape index (κ3) is 2.04. The second-order valence-electron chi connectivity index (χ2n) is 2.82. The van der Waals surface area contributed by atoms with E-state index in [1.165, 1.54) is 11.3 Å².